The Balaban J connectivity index is 2.75. The molecule has 1 aromatic carbocycles. The summed E-state index contributed by atoms with van der Waals surface area (Å²) >= 11 is 0. The van der Waals surface area contributed by atoms with Crippen LogP contribution in [0.2, 0.25) is 0 Å². The van der Waals surface area contributed by atoms with Crippen molar-refractivity contribution < 1.29 is 15.0 Å². The summed E-state index contributed by atoms with van der Waals surface area (Å²) in [5.41, 5.74) is 1.32. The van der Waals surface area contributed by atoms with E-state index in [9.17, 15) is 9.90 Å². The highest BCUT2D eigenvalue weighted by Gasteiger charge is 2.09. The van der Waals surface area contributed by atoms with E-state index in [1.165, 1.54) is 0 Å². The second-order valence-corrected chi connectivity index (χ2v) is 3.54. The molecule has 0 aliphatic heterocycles. The zero-order valence-electron chi connectivity index (χ0n) is 9.31. The lowest BCUT2D eigenvalue weighted by molar-refractivity contribution is 0.0987. The highest BCUT2D eigenvalue weighted by Crippen LogP contribution is 2.16. The van der Waals surface area contributed by atoms with Gasteiger partial charge in [0.2, 0.25) is 0 Å². The number of aliphatic hydroxyl groups is 2. The molecule has 1 unspecified atom stereocenters. The molecule has 0 fully saturated rings. The zero-order valence-corrected chi connectivity index (χ0v) is 9.31. The molecule has 1 atom stereocenters. The number of carbonyl (C=O) groups excluding carboxylic acids is 1. The molecule has 0 saturated carbocycles. The van der Waals surface area contributed by atoms with Crippen LogP contribution in [-0.4, -0.2) is 35.3 Å². The van der Waals surface area contributed by atoms with Gasteiger partial charge >= 0.3 is 0 Å². The quantitative estimate of drug-likeness (QED) is 0.630. The number of hydrogen-bond donors (Lipinski definition) is 3. The van der Waals surface area contributed by atoms with Gasteiger partial charge < -0.3 is 15.5 Å². The average Bonchev–Trinajstić information content (AvgIpc) is 2.35. The minimum Gasteiger partial charge on any atom is -0.394 e. The number of para-hydroxylation sites is 1. The van der Waals surface area contributed by atoms with Gasteiger partial charge in [0.1, 0.15) is 0 Å². The molecular weight excluding hydrogens is 206 g/mol. The summed E-state index contributed by atoms with van der Waals surface area (Å²) in [6.45, 7) is 1.74. The minimum atomic E-state index is -0.815. The van der Waals surface area contributed by atoms with Crippen LogP contribution in [0.4, 0.5) is 5.69 Å². The summed E-state index contributed by atoms with van der Waals surface area (Å²) in [7, 11) is 0. The molecule has 0 spiro atoms. The Kier molecular flexibility index (Phi) is 4.95. The first-order valence-electron chi connectivity index (χ1n) is 5.34. The Morgan fingerprint density at radius 1 is 1.44 bits per heavy atom. The van der Waals surface area contributed by atoms with Crippen molar-refractivity contribution >= 4 is 11.5 Å². The number of carbonyl (C=O) groups is 1. The van der Waals surface area contributed by atoms with Crippen LogP contribution in [0.5, 0.6) is 0 Å². The molecule has 88 valence electrons. The maximum Gasteiger partial charge on any atom is 0.164 e. The van der Waals surface area contributed by atoms with Gasteiger partial charge in [-0.1, -0.05) is 19.1 Å². The van der Waals surface area contributed by atoms with Crippen LogP contribution in [0.1, 0.15) is 23.7 Å². The van der Waals surface area contributed by atoms with Crippen LogP contribution in [0, 0.1) is 0 Å². The van der Waals surface area contributed by atoms with Crippen molar-refractivity contribution in [1.29, 1.82) is 0 Å². The molecule has 0 saturated heterocycles. The summed E-state index contributed by atoms with van der Waals surface area (Å²) in [6, 6.07) is 7.16. The van der Waals surface area contributed by atoms with Crippen molar-refractivity contribution in [2.45, 2.75) is 19.4 Å². The van der Waals surface area contributed by atoms with E-state index in [2.05, 4.69) is 5.32 Å². The van der Waals surface area contributed by atoms with Gasteiger partial charge in [-0.05, 0) is 12.1 Å². The Hall–Kier alpha value is -1.39. The number of ketones is 1. The van der Waals surface area contributed by atoms with Crippen molar-refractivity contribution in [1.82, 2.24) is 0 Å². The Bertz CT molecular complexity index is 352. The van der Waals surface area contributed by atoms with Gasteiger partial charge in [0, 0.05) is 24.2 Å². The number of benzene rings is 1. The van der Waals surface area contributed by atoms with Crippen molar-refractivity contribution in [2.24, 2.45) is 0 Å². The molecule has 16 heavy (non-hydrogen) atoms. The molecule has 3 N–H and O–H groups in total. The molecule has 0 heterocycles. The van der Waals surface area contributed by atoms with Crippen LogP contribution in [0.3, 0.4) is 0 Å². The van der Waals surface area contributed by atoms with Gasteiger partial charge in [-0.25, -0.2) is 0 Å². The fraction of sp³-hybridized carbons (Fsp3) is 0.417. The molecule has 0 aliphatic carbocycles. The molecule has 0 bridgehead atoms. The molecule has 4 heteroatoms. The van der Waals surface area contributed by atoms with E-state index >= 15 is 0 Å². The second kappa shape index (κ2) is 6.25. The maximum absolute atomic E-state index is 11.6. The molecule has 0 amide bonds. The lowest BCUT2D eigenvalue weighted by Gasteiger charge is -2.13. The first-order valence-corrected chi connectivity index (χ1v) is 5.34. The topological polar surface area (TPSA) is 69.6 Å². The smallest absolute Gasteiger partial charge is 0.164 e. The van der Waals surface area contributed by atoms with Crippen LogP contribution in [0.15, 0.2) is 24.3 Å². The summed E-state index contributed by atoms with van der Waals surface area (Å²) in [5.74, 6) is 0.0570. The van der Waals surface area contributed by atoms with E-state index in [0.717, 1.165) is 0 Å². The summed E-state index contributed by atoms with van der Waals surface area (Å²) in [4.78, 5) is 11.6. The number of Topliss-reactive ketones (excluding diaryl/α,β-unsaturated/α-hetero) is 1. The normalized spacial score (nSPS) is 12.2. The van der Waals surface area contributed by atoms with E-state index in [4.69, 9.17) is 5.11 Å². The van der Waals surface area contributed by atoms with Gasteiger partial charge in [0.25, 0.3) is 0 Å². The predicted octanol–water partition coefficient (Wildman–Crippen LogP) is 1.04. The second-order valence-electron chi connectivity index (χ2n) is 3.54. The molecule has 1 rings (SSSR count). The van der Waals surface area contributed by atoms with Gasteiger partial charge in [-0.2, -0.15) is 0 Å². The van der Waals surface area contributed by atoms with Crippen molar-refractivity contribution in [3.05, 3.63) is 29.8 Å². The molecule has 0 aliphatic rings. The van der Waals surface area contributed by atoms with Gasteiger partial charge in [-0.15, -0.1) is 0 Å². The monoisotopic (exact) mass is 223 g/mol. The lowest BCUT2D eigenvalue weighted by Crippen LogP contribution is -2.23. The van der Waals surface area contributed by atoms with Gasteiger partial charge in [0.15, 0.2) is 5.78 Å². The van der Waals surface area contributed by atoms with E-state index < -0.39 is 6.10 Å². The van der Waals surface area contributed by atoms with Crippen LogP contribution >= 0.6 is 0 Å². The number of hydrogen-bond acceptors (Lipinski definition) is 4. The summed E-state index contributed by atoms with van der Waals surface area (Å²) in [6.07, 6.45) is -0.369. The average molecular weight is 223 g/mol. The first kappa shape index (κ1) is 12.7. The third-order valence-corrected chi connectivity index (χ3v) is 2.29. The first-order chi connectivity index (χ1) is 7.69. The van der Waals surface area contributed by atoms with Crippen molar-refractivity contribution in [3.63, 3.8) is 0 Å². The molecular formula is C12H17NO3. The fourth-order valence-electron chi connectivity index (χ4n) is 1.36. The fourth-order valence-corrected chi connectivity index (χ4v) is 1.36. The number of rotatable bonds is 6. The molecule has 4 nitrogen and oxygen atoms in total. The molecule has 0 radical (unpaired) electrons. The number of aliphatic hydroxyl groups excluding tert-OH is 2. The van der Waals surface area contributed by atoms with E-state index in [1.54, 1.807) is 18.2 Å². The van der Waals surface area contributed by atoms with Crippen LogP contribution < -0.4 is 5.32 Å². The van der Waals surface area contributed by atoms with Crippen molar-refractivity contribution in [2.75, 3.05) is 18.5 Å². The minimum absolute atomic E-state index is 0.0570. The Morgan fingerprint density at radius 2 is 2.12 bits per heavy atom. The highest BCUT2D eigenvalue weighted by molar-refractivity contribution is 6.00. The van der Waals surface area contributed by atoms with E-state index in [0.29, 0.717) is 17.7 Å². The lowest BCUT2D eigenvalue weighted by atomic mass is 10.1. The Morgan fingerprint density at radius 3 is 2.75 bits per heavy atom. The summed E-state index contributed by atoms with van der Waals surface area (Å²) in [5, 5.41) is 20.8. The highest BCUT2D eigenvalue weighted by atomic mass is 16.3. The van der Waals surface area contributed by atoms with E-state index in [1.807, 2.05) is 13.0 Å². The molecule has 1 aromatic rings. The van der Waals surface area contributed by atoms with Gasteiger partial charge in [-0.3, -0.25) is 4.79 Å². The largest absolute Gasteiger partial charge is 0.394 e. The maximum atomic E-state index is 11.6. The standard InChI is InChI=1S/C12H17NO3/c1-2-12(16)10-5-3-4-6-11(10)13-7-9(15)8-14/h3-6,9,13-15H,2,7-8H2,1H3. The number of nitrogens with one attached hydrogen (secondary N) is 1. The zero-order chi connectivity index (χ0) is 12.0. The third kappa shape index (κ3) is 3.32. The predicted molar refractivity (Wildman–Crippen MR) is 62.6 cm³/mol. The third-order valence-electron chi connectivity index (χ3n) is 2.29. The van der Waals surface area contributed by atoms with E-state index in [-0.39, 0.29) is 18.9 Å². The van der Waals surface area contributed by atoms with Crippen LogP contribution in [-0.2, 0) is 0 Å². The van der Waals surface area contributed by atoms with Gasteiger partial charge in [0.05, 0.1) is 12.7 Å². The molecule has 0 aromatic heterocycles. The van der Waals surface area contributed by atoms with Crippen LogP contribution in [0.25, 0.3) is 0 Å². The summed E-state index contributed by atoms with van der Waals surface area (Å²) < 4.78 is 0. The number of anilines is 1. The SMILES string of the molecule is CCC(=O)c1ccccc1NCC(O)CO. The van der Waals surface area contributed by atoms with Crippen molar-refractivity contribution in [3.8, 4) is 0 Å². The Labute approximate surface area is 94.9 Å².